The number of aryl methyl sites for hydroxylation is 1. The Labute approximate surface area is 163 Å². The van der Waals surface area contributed by atoms with Crippen molar-refractivity contribution in [3.05, 3.63) is 54.2 Å². The normalized spacial score (nSPS) is 19.3. The zero-order valence-electron chi connectivity index (χ0n) is 16.1. The molecule has 3 heterocycles. The van der Waals surface area contributed by atoms with E-state index in [2.05, 4.69) is 20.2 Å². The van der Waals surface area contributed by atoms with E-state index in [1.807, 2.05) is 43.3 Å². The fourth-order valence-corrected chi connectivity index (χ4v) is 3.69. The number of aromatic nitrogens is 2. The molecule has 0 bridgehead atoms. The predicted octanol–water partition coefficient (Wildman–Crippen LogP) is 2.48. The minimum atomic E-state index is -0.0567. The lowest BCUT2D eigenvalue weighted by molar-refractivity contribution is -0.120. The van der Waals surface area contributed by atoms with Gasteiger partial charge in [0.05, 0.1) is 18.6 Å². The fraction of sp³-hybridized carbons (Fsp3) is 0.381. The second-order valence-electron chi connectivity index (χ2n) is 7.15. The van der Waals surface area contributed by atoms with E-state index in [-0.39, 0.29) is 24.5 Å². The third-order valence-electron chi connectivity index (χ3n) is 5.14. The molecular formula is C21H24N4O3. The second kappa shape index (κ2) is 7.98. The maximum absolute atomic E-state index is 12.4. The zero-order chi connectivity index (χ0) is 19.5. The third kappa shape index (κ3) is 3.99. The molecule has 0 spiro atoms. The van der Waals surface area contributed by atoms with E-state index >= 15 is 0 Å². The van der Waals surface area contributed by atoms with Crippen molar-refractivity contribution < 1.29 is 13.9 Å². The topological polar surface area (TPSA) is 80.5 Å². The average Bonchev–Trinajstić information content (AvgIpc) is 3.29. The molecule has 1 amide bonds. The molecular weight excluding hydrogens is 356 g/mol. The molecule has 0 aliphatic carbocycles. The number of methoxy groups -OCH3 is 1. The van der Waals surface area contributed by atoms with Crippen LogP contribution in [-0.2, 0) is 16.0 Å². The zero-order valence-corrected chi connectivity index (χ0v) is 16.1. The van der Waals surface area contributed by atoms with Crippen molar-refractivity contribution in [1.82, 2.24) is 15.3 Å². The predicted molar refractivity (Wildman–Crippen MR) is 106 cm³/mol. The molecule has 1 N–H and O–H groups in total. The molecule has 3 aromatic rings. The summed E-state index contributed by atoms with van der Waals surface area (Å²) in [6.07, 6.45) is 2.75. The van der Waals surface area contributed by atoms with Gasteiger partial charge in [0.15, 0.2) is 0 Å². The van der Waals surface area contributed by atoms with Crippen LogP contribution in [0.25, 0.3) is 11.0 Å². The first-order chi connectivity index (χ1) is 13.6. The van der Waals surface area contributed by atoms with Crippen LogP contribution in [0.3, 0.4) is 0 Å². The molecule has 1 aliphatic rings. The number of rotatable bonds is 6. The lowest BCUT2D eigenvalue weighted by Crippen LogP contribution is -2.41. The number of fused-ring (bicyclic) bond motifs is 1. The van der Waals surface area contributed by atoms with Gasteiger partial charge in [-0.05, 0) is 25.5 Å². The van der Waals surface area contributed by atoms with Crippen LogP contribution >= 0.6 is 0 Å². The summed E-state index contributed by atoms with van der Waals surface area (Å²) in [5, 5.41) is 4.05. The van der Waals surface area contributed by atoms with Crippen molar-refractivity contribution in [1.29, 1.82) is 0 Å². The van der Waals surface area contributed by atoms with Gasteiger partial charge in [0.1, 0.15) is 23.5 Å². The third-order valence-corrected chi connectivity index (χ3v) is 5.14. The Balaban J connectivity index is 1.39. The summed E-state index contributed by atoms with van der Waals surface area (Å²) in [6, 6.07) is 11.8. The van der Waals surface area contributed by atoms with Gasteiger partial charge in [0.2, 0.25) is 5.91 Å². The Morgan fingerprint density at radius 3 is 2.96 bits per heavy atom. The Morgan fingerprint density at radius 1 is 1.32 bits per heavy atom. The first-order valence-electron chi connectivity index (χ1n) is 9.44. The second-order valence-corrected chi connectivity index (χ2v) is 7.15. The van der Waals surface area contributed by atoms with Crippen molar-refractivity contribution >= 4 is 22.7 Å². The van der Waals surface area contributed by atoms with E-state index in [1.54, 1.807) is 13.4 Å². The number of nitrogens with zero attached hydrogens (tertiary/aromatic N) is 3. The molecule has 2 aromatic heterocycles. The average molecular weight is 380 g/mol. The Bertz CT molecular complexity index is 938. The molecule has 0 unspecified atom stereocenters. The monoisotopic (exact) mass is 380 g/mol. The quantitative estimate of drug-likeness (QED) is 0.708. The highest BCUT2D eigenvalue weighted by Gasteiger charge is 2.33. The lowest BCUT2D eigenvalue weighted by Gasteiger charge is -2.25. The Kier molecular flexibility index (Phi) is 5.25. The van der Waals surface area contributed by atoms with Crippen molar-refractivity contribution in [2.45, 2.75) is 31.9 Å². The Morgan fingerprint density at radius 2 is 2.18 bits per heavy atom. The van der Waals surface area contributed by atoms with Crippen LogP contribution in [0.15, 0.2) is 47.1 Å². The summed E-state index contributed by atoms with van der Waals surface area (Å²) >= 11 is 0. The number of anilines is 1. The van der Waals surface area contributed by atoms with Crippen LogP contribution < -0.4 is 10.2 Å². The highest BCUT2D eigenvalue weighted by Crippen LogP contribution is 2.25. The number of carbonyl (C=O) groups is 1. The molecule has 28 heavy (non-hydrogen) atoms. The van der Waals surface area contributed by atoms with Crippen LogP contribution in [0.5, 0.6) is 0 Å². The number of hydrogen-bond acceptors (Lipinski definition) is 6. The van der Waals surface area contributed by atoms with E-state index in [0.717, 1.165) is 35.4 Å². The summed E-state index contributed by atoms with van der Waals surface area (Å²) in [5.74, 6) is 1.48. The number of nitrogens with one attached hydrogen (secondary N) is 1. The van der Waals surface area contributed by atoms with E-state index in [1.165, 1.54) is 0 Å². The summed E-state index contributed by atoms with van der Waals surface area (Å²) in [6.45, 7) is 3.22. The first-order valence-corrected chi connectivity index (χ1v) is 9.44. The number of benzene rings is 1. The first kappa shape index (κ1) is 18.4. The highest BCUT2D eigenvalue weighted by atomic mass is 16.5. The number of ether oxygens (including phenoxy) is 1. The van der Waals surface area contributed by atoms with Gasteiger partial charge in [-0.2, -0.15) is 0 Å². The minimum Gasteiger partial charge on any atom is -0.461 e. The molecule has 1 aromatic carbocycles. The molecule has 2 atom stereocenters. The maximum Gasteiger partial charge on any atom is 0.227 e. The summed E-state index contributed by atoms with van der Waals surface area (Å²) in [5.41, 5.74) is 1.72. The largest absolute Gasteiger partial charge is 0.461 e. The minimum absolute atomic E-state index is 0.0567. The molecule has 1 saturated heterocycles. The smallest absolute Gasteiger partial charge is 0.227 e. The van der Waals surface area contributed by atoms with Crippen molar-refractivity contribution in [3.63, 3.8) is 0 Å². The SMILES string of the molecule is CO[C@@H]1C[C@H](CNC(=O)Cc2cc3ccccc3o2)N(c2cc(C)ncn2)C1. The molecule has 1 fully saturated rings. The number of carbonyl (C=O) groups excluding carboxylic acids is 1. The number of furan rings is 1. The summed E-state index contributed by atoms with van der Waals surface area (Å²) < 4.78 is 11.3. The maximum atomic E-state index is 12.4. The fourth-order valence-electron chi connectivity index (χ4n) is 3.69. The van der Waals surface area contributed by atoms with Gasteiger partial charge in [-0.25, -0.2) is 9.97 Å². The van der Waals surface area contributed by atoms with Crippen LogP contribution in [-0.4, -0.2) is 48.2 Å². The van der Waals surface area contributed by atoms with Crippen LogP contribution in [0.1, 0.15) is 17.9 Å². The van der Waals surface area contributed by atoms with Gasteiger partial charge in [0.25, 0.3) is 0 Å². The van der Waals surface area contributed by atoms with Crippen molar-refractivity contribution in [3.8, 4) is 0 Å². The van der Waals surface area contributed by atoms with E-state index in [4.69, 9.17) is 9.15 Å². The molecule has 146 valence electrons. The van der Waals surface area contributed by atoms with Gasteiger partial charge in [-0.15, -0.1) is 0 Å². The Hall–Kier alpha value is -2.93. The molecule has 1 aliphatic heterocycles. The molecule has 7 nitrogen and oxygen atoms in total. The van der Waals surface area contributed by atoms with Crippen LogP contribution in [0.2, 0.25) is 0 Å². The van der Waals surface area contributed by atoms with Crippen molar-refractivity contribution in [2.75, 3.05) is 25.1 Å². The van der Waals surface area contributed by atoms with E-state index in [9.17, 15) is 4.79 Å². The summed E-state index contributed by atoms with van der Waals surface area (Å²) in [7, 11) is 1.72. The number of amides is 1. The van der Waals surface area contributed by atoms with Crippen LogP contribution in [0.4, 0.5) is 5.82 Å². The van der Waals surface area contributed by atoms with Crippen LogP contribution in [0, 0.1) is 6.92 Å². The highest BCUT2D eigenvalue weighted by molar-refractivity contribution is 5.82. The molecule has 7 heteroatoms. The van der Waals surface area contributed by atoms with Gasteiger partial charge in [0, 0.05) is 37.3 Å². The standard InChI is InChI=1S/C21H24N4O3/c1-14-7-20(24-13-23-14)25-12-18(27-2)9-16(25)11-22-21(26)10-17-8-15-5-3-4-6-19(15)28-17/h3-8,13,16,18H,9-12H2,1-2H3,(H,22,26)/t16-,18-/m1/s1. The van der Waals surface area contributed by atoms with Gasteiger partial charge in [-0.1, -0.05) is 18.2 Å². The molecule has 0 radical (unpaired) electrons. The van der Waals surface area contributed by atoms with Gasteiger partial charge < -0.3 is 19.4 Å². The molecule has 4 rings (SSSR count). The van der Waals surface area contributed by atoms with Gasteiger partial charge in [-0.3, -0.25) is 4.79 Å². The number of hydrogen-bond donors (Lipinski definition) is 1. The molecule has 0 saturated carbocycles. The van der Waals surface area contributed by atoms with Gasteiger partial charge >= 0.3 is 0 Å². The van der Waals surface area contributed by atoms with E-state index in [0.29, 0.717) is 12.3 Å². The number of para-hydroxylation sites is 1. The van der Waals surface area contributed by atoms with E-state index < -0.39 is 0 Å². The van der Waals surface area contributed by atoms with Crippen molar-refractivity contribution in [2.24, 2.45) is 0 Å². The summed E-state index contributed by atoms with van der Waals surface area (Å²) in [4.78, 5) is 23.2. The lowest BCUT2D eigenvalue weighted by atomic mass is 10.2.